The van der Waals surface area contributed by atoms with Crippen LogP contribution in [-0.4, -0.2) is 24.7 Å². The van der Waals surface area contributed by atoms with Crippen LogP contribution in [-0.2, 0) is 0 Å². The first-order valence-electron chi connectivity index (χ1n) is 7.07. The fourth-order valence-electron chi connectivity index (χ4n) is 2.46. The molecule has 1 saturated carbocycles. The highest BCUT2D eigenvalue weighted by Gasteiger charge is 2.34. The second-order valence-corrected chi connectivity index (χ2v) is 5.66. The number of likely N-dealkylation sites (N-methyl/N-ethyl adjacent to an activating group) is 1. The predicted molar refractivity (Wildman–Crippen MR) is 79.2 cm³/mol. The molecule has 1 aromatic rings. The normalized spacial score (nSPS) is 17.6. The first kappa shape index (κ1) is 13.9. The lowest BCUT2D eigenvalue weighted by Gasteiger charge is -2.33. The van der Waals surface area contributed by atoms with Crippen molar-refractivity contribution in [3.8, 4) is 6.07 Å². The molecule has 0 bridgehead atoms. The Kier molecular flexibility index (Phi) is 4.11. The smallest absolute Gasteiger partial charge is 0.121 e. The Balaban J connectivity index is 2.13. The summed E-state index contributed by atoms with van der Waals surface area (Å²) in [6, 6.07) is 11.4. The van der Waals surface area contributed by atoms with Gasteiger partial charge in [0, 0.05) is 24.8 Å². The van der Waals surface area contributed by atoms with Crippen LogP contribution >= 0.6 is 0 Å². The van der Waals surface area contributed by atoms with Crippen molar-refractivity contribution < 1.29 is 0 Å². The van der Waals surface area contributed by atoms with Crippen LogP contribution in [0.4, 0.5) is 5.69 Å². The molecule has 1 atom stereocenters. The predicted octanol–water partition coefficient (Wildman–Crippen LogP) is 2.86. The van der Waals surface area contributed by atoms with E-state index in [1.54, 1.807) is 0 Å². The van der Waals surface area contributed by atoms with E-state index >= 15 is 0 Å². The molecule has 3 heteroatoms. The molecule has 102 valence electrons. The zero-order chi connectivity index (χ0) is 13.9. The fourth-order valence-corrected chi connectivity index (χ4v) is 2.46. The van der Waals surface area contributed by atoms with Crippen molar-refractivity contribution in [2.24, 2.45) is 0 Å². The summed E-state index contributed by atoms with van der Waals surface area (Å²) in [5.74, 6) is 0. The van der Waals surface area contributed by atoms with Crippen LogP contribution in [0.25, 0.3) is 0 Å². The molecule has 19 heavy (non-hydrogen) atoms. The van der Waals surface area contributed by atoms with Crippen molar-refractivity contribution in [3.63, 3.8) is 0 Å². The van der Waals surface area contributed by atoms with Crippen LogP contribution in [0.15, 0.2) is 24.3 Å². The number of rotatable bonds is 6. The van der Waals surface area contributed by atoms with E-state index < -0.39 is 5.54 Å². The Morgan fingerprint density at radius 1 is 1.42 bits per heavy atom. The number of benzene rings is 1. The minimum atomic E-state index is -0.473. The molecule has 0 saturated heterocycles. The molecule has 0 spiro atoms. The first-order chi connectivity index (χ1) is 9.08. The zero-order valence-corrected chi connectivity index (χ0v) is 12.1. The standard InChI is InChI=1S/C16H23N3/c1-4-19(15-8-6-5-7-13(15)2)12-16(3,11-17)18-14-9-10-14/h5-8,14,18H,4,9-10,12H2,1-3H3. The Morgan fingerprint density at radius 2 is 2.11 bits per heavy atom. The second kappa shape index (κ2) is 5.63. The van der Waals surface area contributed by atoms with Crippen LogP contribution in [0.1, 0.15) is 32.3 Å². The van der Waals surface area contributed by atoms with Gasteiger partial charge in [0.05, 0.1) is 6.07 Å². The van der Waals surface area contributed by atoms with Crippen LogP contribution in [0.3, 0.4) is 0 Å². The maximum atomic E-state index is 9.48. The van der Waals surface area contributed by atoms with Gasteiger partial charge < -0.3 is 4.90 Å². The van der Waals surface area contributed by atoms with E-state index in [9.17, 15) is 5.26 Å². The summed E-state index contributed by atoms with van der Waals surface area (Å²) in [4.78, 5) is 2.29. The number of hydrogen-bond donors (Lipinski definition) is 1. The van der Waals surface area contributed by atoms with Gasteiger partial charge in [-0.25, -0.2) is 0 Å². The first-order valence-corrected chi connectivity index (χ1v) is 7.07. The summed E-state index contributed by atoms with van der Waals surface area (Å²) in [7, 11) is 0. The van der Waals surface area contributed by atoms with Crippen molar-refractivity contribution in [2.75, 3.05) is 18.0 Å². The molecular formula is C16H23N3. The summed E-state index contributed by atoms with van der Waals surface area (Å²) in [6.45, 7) is 7.90. The van der Waals surface area contributed by atoms with Gasteiger partial charge in [0.25, 0.3) is 0 Å². The Bertz CT molecular complexity index is 473. The molecule has 1 aliphatic carbocycles. The molecule has 0 aromatic heterocycles. The summed E-state index contributed by atoms with van der Waals surface area (Å²) < 4.78 is 0. The quantitative estimate of drug-likeness (QED) is 0.851. The van der Waals surface area contributed by atoms with Gasteiger partial charge in [-0.2, -0.15) is 5.26 Å². The molecule has 3 nitrogen and oxygen atoms in total. The van der Waals surface area contributed by atoms with E-state index in [-0.39, 0.29) is 0 Å². The van der Waals surface area contributed by atoms with Gasteiger partial charge in [0.2, 0.25) is 0 Å². The molecule has 1 aromatic carbocycles. The molecule has 1 aliphatic rings. The number of nitrogens with zero attached hydrogens (tertiary/aromatic N) is 2. The highest BCUT2D eigenvalue weighted by molar-refractivity contribution is 5.53. The lowest BCUT2D eigenvalue weighted by molar-refractivity contribution is 0.440. The SMILES string of the molecule is CCN(CC(C)(C#N)NC1CC1)c1ccccc1C. The second-order valence-electron chi connectivity index (χ2n) is 5.66. The van der Waals surface area contributed by atoms with E-state index in [0.29, 0.717) is 6.04 Å². The number of anilines is 1. The average molecular weight is 257 g/mol. The number of nitrogens with one attached hydrogen (secondary N) is 1. The van der Waals surface area contributed by atoms with Gasteiger partial charge >= 0.3 is 0 Å². The third-order valence-corrected chi connectivity index (χ3v) is 3.69. The van der Waals surface area contributed by atoms with E-state index in [2.05, 4.69) is 54.4 Å². The van der Waals surface area contributed by atoms with Gasteiger partial charge in [-0.05, 0) is 45.2 Å². The number of para-hydroxylation sites is 1. The molecule has 2 rings (SSSR count). The van der Waals surface area contributed by atoms with Crippen molar-refractivity contribution in [1.29, 1.82) is 5.26 Å². The minimum absolute atomic E-state index is 0.473. The van der Waals surface area contributed by atoms with E-state index in [1.165, 1.54) is 24.1 Å². The van der Waals surface area contributed by atoms with Gasteiger partial charge in [-0.15, -0.1) is 0 Å². The number of nitriles is 1. The molecule has 0 heterocycles. The zero-order valence-electron chi connectivity index (χ0n) is 12.1. The van der Waals surface area contributed by atoms with Crippen LogP contribution in [0, 0.1) is 18.3 Å². The van der Waals surface area contributed by atoms with E-state index in [0.717, 1.165) is 13.1 Å². The van der Waals surface area contributed by atoms with E-state index in [4.69, 9.17) is 0 Å². The highest BCUT2D eigenvalue weighted by atomic mass is 15.2. The van der Waals surface area contributed by atoms with Crippen molar-refractivity contribution in [2.45, 2.75) is 45.2 Å². The molecule has 1 fully saturated rings. The topological polar surface area (TPSA) is 39.1 Å². The summed E-state index contributed by atoms with van der Waals surface area (Å²) in [5, 5.41) is 13.0. The van der Waals surface area contributed by atoms with Gasteiger partial charge in [-0.3, -0.25) is 5.32 Å². The molecule has 0 amide bonds. The van der Waals surface area contributed by atoms with Crippen molar-refractivity contribution in [1.82, 2.24) is 5.32 Å². The third-order valence-electron chi connectivity index (χ3n) is 3.69. The van der Waals surface area contributed by atoms with Gasteiger partial charge in [0.15, 0.2) is 0 Å². The molecule has 0 aliphatic heterocycles. The lowest BCUT2D eigenvalue weighted by atomic mass is 10.0. The Hall–Kier alpha value is -1.53. The number of hydrogen-bond acceptors (Lipinski definition) is 3. The van der Waals surface area contributed by atoms with Gasteiger partial charge in [0.1, 0.15) is 5.54 Å². The maximum Gasteiger partial charge on any atom is 0.121 e. The summed E-state index contributed by atoms with van der Waals surface area (Å²) in [5.41, 5.74) is 2.01. The van der Waals surface area contributed by atoms with Crippen molar-refractivity contribution in [3.05, 3.63) is 29.8 Å². The molecule has 0 radical (unpaired) electrons. The monoisotopic (exact) mass is 257 g/mol. The van der Waals surface area contributed by atoms with Crippen molar-refractivity contribution >= 4 is 5.69 Å². The van der Waals surface area contributed by atoms with Crippen LogP contribution in [0.5, 0.6) is 0 Å². The molecular weight excluding hydrogens is 234 g/mol. The summed E-state index contributed by atoms with van der Waals surface area (Å²) in [6.07, 6.45) is 2.40. The minimum Gasteiger partial charge on any atom is -0.369 e. The Labute approximate surface area is 116 Å². The van der Waals surface area contributed by atoms with Gasteiger partial charge in [-0.1, -0.05) is 18.2 Å². The largest absolute Gasteiger partial charge is 0.369 e. The van der Waals surface area contributed by atoms with E-state index in [1.807, 2.05) is 6.92 Å². The van der Waals surface area contributed by atoms with Crippen LogP contribution < -0.4 is 10.2 Å². The summed E-state index contributed by atoms with van der Waals surface area (Å²) >= 11 is 0. The number of aryl methyl sites for hydroxylation is 1. The average Bonchev–Trinajstić information content (AvgIpc) is 3.21. The molecule has 1 unspecified atom stereocenters. The molecule has 1 N–H and O–H groups in total. The highest BCUT2D eigenvalue weighted by Crippen LogP contribution is 2.25. The third kappa shape index (κ3) is 3.48. The maximum absolute atomic E-state index is 9.48. The Morgan fingerprint density at radius 3 is 2.63 bits per heavy atom. The van der Waals surface area contributed by atoms with Crippen LogP contribution in [0.2, 0.25) is 0 Å². The lowest BCUT2D eigenvalue weighted by Crippen LogP contribution is -2.51. The fraction of sp³-hybridized carbons (Fsp3) is 0.562.